The predicted molar refractivity (Wildman–Crippen MR) is 75.5 cm³/mol. The number of hydrogen-bond donors (Lipinski definition) is 0. The van der Waals surface area contributed by atoms with Gasteiger partial charge in [0, 0.05) is 7.05 Å². The van der Waals surface area contributed by atoms with Gasteiger partial charge in [-0.05, 0) is 30.2 Å². The highest BCUT2D eigenvalue weighted by Crippen LogP contribution is 2.35. The van der Waals surface area contributed by atoms with E-state index in [0.717, 1.165) is 22.6 Å². The van der Waals surface area contributed by atoms with Crippen LogP contribution in [0.3, 0.4) is 0 Å². The van der Waals surface area contributed by atoms with Crippen molar-refractivity contribution in [3.8, 4) is 16.9 Å². The molecular formula is C16H15NO2. The fourth-order valence-electron chi connectivity index (χ4n) is 2.28. The van der Waals surface area contributed by atoms with Crippen molar-refractivity contribution in [2.24, 2.45) is 0 Å². The molecule has 0 N–H and O–H groups in total. The molecule has 96 valence electrons. The van der Waals surface area contributed by atoms with Gasteiger partial charge in [-0.1, -0.05) is 35.9 Å². The highest BCUT2D eigenvalue weighted by atomic mass is 16.5. The zero-order chi connectivity index (χ0) is 13.4. The molecule has 19 heavy (non-hydrogen) atoms. The molecule has 3 rings (SSSR count). The lowest BCUT2D eigenvalue weighted by atomic mass is 10.0. The van der Waals surface area contributed by atoms with E-state index < -0.39 is 0 Å². The molecule has 1 aliphatic heterocycles. The fourth-order valence-corrected chi connectivity index (χ4v) is 2.28. The van der Waals surface area contributed by atoms with E-state index in [9.17, 15) is 4.79 Å². The lowest BCUT2D eigenvalue weighted by Gasteiger charge is -2.26. The summed E-state index contributed by atoms with van der Waals surface area (Å²) in [6, 6.07) is 14.3. The van der Waals surface area contributed by atoms with Crippen LogP contribution in [-0.4, -0.2) is 19.6 Å². The molecule has 0 saturated carbocycles. The standard InChI is InChI=1S/C16H15NO2/c1-11-4-3-5-12(8-11)13-6-7-14-15(9-13)19-10-16(18)17(14)2/h3-9H,10H2,1-2H3. The van der Waals surface area contributed by atoms with Gasteiger partial charge in [0.15, 0.2) is 6.61 Å². The monoisotopic (exact) mass is 253 g/mol. The summed E-state index contributed by atoms with van der Waals surface area (Å²) in [6.07, 6.45) is 0. The smallest absolute Gasteiger partial charge is 0.264 e. The van der Waals surface area contributed by atoms with Gasteiger partial charge in [-0.3, -0.25) is 4.79 Å². The zero-order valence-corrected chi connectivity index (χ0v) is 11.0. The van der Waals surface area contributed by atoms with E-state index in [1.807, 2.05) is 24.3 Å². The highest BCUT2D eigenvalue weighted by molar-refractivity contribution is 5.97. The first-order valence-corrected chi connectivity index (χ1v) is 6.25. The molecule has 0 bridgehead atoms. The van der Waals surface area contributed by atoms with Crippen molar-refractivity contribution in [1.29, 1.82) is 0 Å². The van der Waals surface area contributed by atoms with Crippen LogP contribution in [-0.2, 0) is 4.79 Å². The summed E-state index contributed by atoms with van der Waals surface area (Å²) in [5.41, 5.74) is 4.31. The van der Waals surface area contributed by atoms with Crippen LogP contribution in [0, 0.1) is 6.92 Å². The van der Waals surface area contributed by atoms with Crippen molar-refractivity contribution in [2.75, 3.05) is 18.6 Å². The van der Waals surface area contributed by atoms with Crippen LogP contribution in [0.1, 0.15) is 5.56 Å². The van der Waals surface area contributed by atoms with Gasteiger partial charge in [0.1, 0.15) is 5.75 Å². The lowest BCUT2D eigenvalue weighted by molar-refractivity contribution is -0.120. The second kappa shape index (κ2) is 4.43. The van der Waals surface area contributed by atoms with E-state index in [-0.39, 0.29) is 12.5 Å². The largest absolute Gasteiger partial charge is 0.482 e. The first-order valence-electron chi connectivity index (χ1n) is 6.25. The third-order valence-corrected chi connectivity index (χ3v) is 3.40. The fraction of sp³-hybridized carbons (Fsp3) is 0.188. The van der Waals surface area contributed by atoms with Crippen molar-refractivity contribution in [2.45, 2.75) is 6.92 Å². The maximum atomic E-state index is 11.6. The minimum Gasteiger partial charge on any atom is -0.482 e. The average Bonchev–Trinajstić information content (AvgIpc) is 2.43. The maximum Gasteiger partial charge on any atom is 0.264 e. The molecule has 3 heteroatoms. The van der Waals surface area contributed by atoms with Gasteiger partial charge in [-0.2, -0.15) is 0 Å². The summed E-state index contributed by atoms with van der Waals surface area (Å²) in [5, 5.41) is 0. The summed E-state index contributed by atoms with van der Waals surface area (Å²) >= 11 is 0. The van der Waals surface area contributed by atoms with Crippen molar-refractivity contribution in [1.82, 2.24) is 0 Å². The lowest BCUT2D eigenvalue weighted by Crippen LogP contribution is -2.35. The van der Waals surface area contributed by atoms with E-state index in [0.29, 0.717) is 0 Å². The summed E-state index contributed by atoms with van der Waals surface area (Å²) in [6.45, 7) is 2.19. The van der Waals surface area contributed by atoms with Crippen molar-refractivity contribution < 1.29 is 9.53 Å². The van der Waals surface area contributed by atoms with Crippen LogP contribution in [0.25, 0.3) is 11.1 Å². The van der Waals surface area contributed by atoms with Gasteiger partial charge in [-0.15, -0.1) is 0 Å². The van der Waals surface area contributed by atoms with E-state index >= 15 is 0 Å². The van der Waals surface area contributed by atoms with E-state index in [1.165, 1.54) is 5.56 Å². The molecule has 1 aliphatic rings. The van der Waals surface area contributed by atoms with Crippen molar-refractivity contribution >= 4 is 11.6 Å². The second-order valence-corrected chi connectivity index (χ2v) is 4.79. The molecular weight excluding hydrogens is 238 g/mol. The quantitative estimate of drug-likeness (QED) is 0.782. The van der Waals surface area contributed by atoms with Crippen LogP contribution in [0.4, 0.5) is 5.69 Å². The highest BCUT2D eigenvalue weighted by Gasteiger charge is 2.22. The first kappa shape index (κ1) is 11.8. The summed E-state index contributed by atoms with van der Waals surface area (Å²) in [4.78, 5) is 13.2. The molecule has 2 aromatic rings. The first-order chi connectivity index (χ1) is 9.15. The van der Waals surface area contributed by atoms with Crippen LogP contribution >= 0.6 is 0 Å². The third-order valence-electron chi connectivity index (χ3n) is 3.40. The number of likely N-dealkylation sites (N-methyl/N-ethyl adjacent to an activating group) is 1. The van der Waals surface area contributed by atoms with Gasteiger partial charge in [0.05, 0.1) is 5.69 Å². The Kier molecular flexibility index (Phi) is 2.75. The van der Waals surface area contributed by atoms with E-state index in [1.54, 1.807) is 11.9 Å². The topological polar surface area (TPSA) is 29.5 Å². The van der Waals surface area contributed by atoms with Crippen molar-refractivity contribution in [3.05, 3.63) is 48.0 Å². The number of rotatable bonds is 1. The minimum absolute atomic E-state index is 0.0178. The van der Waals surface area contributed by atoms with E-state index in [2.05, 4.69) is 25.1 Å². The molecule has 0 aromatic heterocycles. The van der Waals surface area contributed by atoms with Gasteiger partial charge in [-0.25, -0.2) is 0 Å². The molecule has 0 unspecified atom stereocenters. The van der Waals surface area contributed by atoms with Crippen LogP contribution in [0.15, 0.2) is 42.5 Å². The number of carbonyl (C=O) groups excluding carboxylic acids is 1. The molecule has 0 aliphatic carbocycles. The van der Waals surface area contributed by atoms with Gasteiger partial charge in [0.2, 0.25) is 0 Å². The minimum atomic E-state index is -0.0178. The molecule has 2 aromatic carbocycles. The van der Waals surface area contributed by atoms with Crippen LogP contribution in [0.5, 0.6) is 5.75 Å². The third kappa shape index (κ3) is 2.08. The Balaban J connectivity index is 2.05. The maximum absolute atomic E-state index is 11.6. The van der Waals surface area contributed by atoms with E-state index in [4.69, 9.17) is 4.74 Å². The number of benzene rings is 2. The second-order valence-electron chi connectivity index (χ2n) is 4.79. The number of carbonyl (C=O) groups is 1. The number of anilines is 1. The molecule has 0 atom stereocenters. The Labute approximate surface area is 112 Å². The Morgan fingerprint density at radius 3 is 2.68 bits per heavy atom. The normalized spacial score (nSPS) is 14.0. The summed E-state index contributed by atoms with van der Waals surface area (Å²) in [5.74, 6) is 0.747. The number of amides is 1. The van der Waals surface area contributed by atoms with Gasteiger partial charge < -0.3 is 9.64 Å². The molecule has 0 spiro atoms. The summed E-state index contributed by atoms with van der Waals surface area (Å²) in [7, 11) is 1.77. The number of aryl methyl sites for hydroxylation is 1. The Bertz CT molecular complexity index is 649. The Morgan fingerprint density at radius 1 is 1.11 bits per heavy atom. The molecule has 3 nitrogen and oxygen atoms in total. The van der Waals surface area contributed by atoms with Gasteiger partial charge in [0.25, 0.3) is 5.91 Å². The van der Waals surface area contributed by atoms with Crippen LogP contribution in [0.2, 0.25) is 0 Å². The Morgan fingerprint density at radius 2 is 1.89 bits per heavy atom. The number of fused-ring (bicyclic) bond motifs is 1. The van der Waals surface area contributed by atoms with Crippen molar-refractivity contribution in [3.63, 3.8) is 0 Å². The molecule has 1 amide bonds. The van der Waals surface area contributed by atoms with Gasteiger partial charge >= 0.3 is 0 Å². The zero-order valence-electron chi connectivity index (χ0n) is 11.0. The predicted octanol–water partition coefficient (Wildman–Crippen LogP) is 3.02. The average molecular weight is 253 g/mol. The molecule has 0 fully saturated rings. The SMILES string of the molecule is Cc1cccc(-c2ccc3c(c2)OCC(=O)N3C)c1. The molecule has 0 saturated heterocycles. The van der Waals surface area contributed by atoms with Crippen LogP contribution < -0.4 is 9.64 Å². The number of nitrogens with zero attached hydrogens (tertiary/aromatic N) is 1. The molecule has 0 radical (unpaired) electrons. The molecule has 1 heterocycles. The number of hydrogen-bond acceptors (Lipinski definition) is 2. The summed E-state index contributed by atoms with van der Waals surface area (Å²) < 4.78 is 5.51. The Hall–Kier alpha value is -2.29. The number of ether oxygens (including phenoxy) is 1.